The number of anilines is 1. The van der Waals surface area contributed by atoms with E-state index in [2.05, 4.69) is 10.2 Å². The molecular weight excluding hydrogens is 265 g/mol. The monoisotopic (exact) mass is 280 g/mol. The van der Waals surface area contributed by atoms with Gasteiger partial charge in [-0.2, -0.15) is 13.2 Å². The maximum absolute atomic E-state index is 12.5. The summed E-state index contributed by atoms with van der Waals surface area (Å²) in [6.45, 7) is 0.555. The van der Waals surface area contributed by atoms with Crippen LogP contribution in [0.1, 0.15) is 24.3 Å². The largest absolute Gasteiger partial charge is 0.445 e. The van der Waals surface area contributed by atoms with Crippen molar-refractivity contribution in [3.63, 3.8) is 0 Å². The topological polar surface area (TPSA) is 55.0 Å². The molecule has 0 saturated heterocycles. The van der Waals surface area contributed by atoms with Crippen molar-refractivity contribution in [1.29, 1.82) is 0 Å². The number of halogens is 3. The summed E-state index contributed by atoms with van der Waals surface area (Å²) in [6.07, 6.45) is -1.39. The Morgan fingerprint density at radius 2 is 2.11 bits per heavy atom. The van der Waals surface area contributed by atoms with Crippen molar-refractivity contribution >= 4 is 16.5 Å². The molecule has 2 N–H and O–H groups in total. The van der Waals surface area contributed by atoms with Gasteiger partial charge in [0.05, 0.1) is 0 Å². The van der Waals surface area contributed by atoms with Crippen molar-refractivity contribution in [2.45, 2.75) is 31.5 Å². The fourth-order valence-electron chi connectivity index (χ4n) is 2.42. The third kappa shape index (κ3) is 2.59. The van der Waals surface area contributed by atoms with Crippen LogP contribution in [-0.4, -0.2) is 29.8 Å². The summed E-state index contributed by atoms with van der Waals surface area (Å²) >= 11 is 0.585. The molecule has 0 amide bonds. The van der Waals surface area contributed by atoms with Crippen LogP contribution in [-0.2, 0) is 6.18 Å². The van der Waals surface area contributed by atoms with Gasteiger partial charge in [-0.1, -0.05) is 17.8 Å². The molecule has 1 aliphatic carbocycles. The lowest BCUT2D eigenvalue weighted by Crippen LogP contribution is -2.37. The highest BCUT2D eigenvalue weighted by Gasteiger charge is 2.37. The van der Waals surface area contributed by atoms with Gasteiger partial charge < -0.3 is 10.6 Å². The Balaban J connectivity index is 2.14. The van der Waals surface area contributed by atoms with E-state index >= 15 is 0 Å². The molecule has 1 aromatic heterocycles. The van der Waals surface area contributed by atoms with Crippen LogP contribution in [0, 0.1) is 5.92 Å². The maximum Gasteiger partial charge on any atom is 0.445 e. The highest BCUT2D eigenvalue weighted by Crippen LogP contribution is 2.37. The van der Waals surface area contributed by atoms with E-state index in [4.69, 9.17) is 5.73 Å². The van der Waals surface area contributed by atoms with Gasteiger partial charge >= 0.3 is 6.18 Å². The lowest BCUT2D eigenvalue weighted by Gasteiger charge is -2.28. The number of nitrogens with two attached hydrogens (primary N) is 1. The highest BCUT2D eigenvalue weighted by molar-refractivity contribution is 7.15. The van der Waals surface area contributed by atoms with Gasteiger partial charge in [0, 0.05) is 13.1 Å². The number of hydrogen-bond donors (Lipinski definition) is 1. The SMILES string of the molecule is CN(c1nnc(C(F)(F)F)s1)C1CCCC1CN. The first-order valence-electron chi connectivity index (χ1n) is 5.77. The van der Waals surface area contributed by atoms with Crippen LogP contribution in [0.2, 0.25) is 0 Å². The van der Waals surface area contributed by atoms with Crippen LogP contribution in [0.25, 0.3) is 0 Å². The van der Waals surface area contributed by atoms with Gasteiger partial charge in [0.2, 0.25) is 10.1 Å². The number of hydrogen-bond acceptors (Lipinski definition) is 5. The molecule has 0 aliphatic heterocycles. The van der Waals surface area contributed by atoms with E-state index in [0.717, 1.165) is 19.3 Å². The van der Waals surface area contributed by atoms with Crippen molar-refractivity contribution < 1.29 is 13.2 Å². The zero-order chi connectivity index (χ0) is 13.3. The van der Waals surface area contributed by atoms with Gasteiger partial charge in [0.1, 0.15) is 0 Å². The van der Waals surface area contributed by atoms with Gasteiger partial charge in [-0.15, -0.1) is 10.2 Å². The molecule has 0 radical (unpaired) electrons. The summed E-state index contributed by atoms with van der Waals surface area (Å²) in [5.74, 6) is 0.327. The highest BCUT2D eigenvalue weighted by atomic mass is 32.1. The van der Waals surface area contributed by atoms with Crippen molar-refractivity contribution in [3.8, 4) is 0 Å². The van der Waals surface area contributed by atoms with E-state index in [1.807, 2.05) is 0 Å². The number of aromatic nitrogens is 2. The second kappa shape index (κ2) is 5.00. The van der Waals surface area contributed by atoms with E-state index in [0.29, 0.717) is 28.9 Å². The lowest BCUT2D eigenvalue weighted by molar-refractivity contribution is -0.138. The molecule has 4 nitrogen and oxygen atoms in total. The van der Waals surface area contributed by atoms with Crippen LogP contribution in [0.15, 0.2) is 0 Å². The predicted molar refractivity (Wildman–Crippen MR) is 63.5 cm³/mol. The Hall–Kier alpha value is -0.890. The van der Waals surface area contributed by atoms with Crippen LogP contribution < -0.4 is 10.6 Å². The van der Waals surface area contributed by atoms with Crippen LogP contribution in [0.4, 0.5) is 18.3 Å². The lowest BCUT2D eigenvalue weighted by atomic mass is 10.0. The number of alkyl halides is 3. The Kier molecular flexibility index (Phi) is 3.76. The van der Waals surface area contributed by atoms with E-state index in [1.54, 1.807) is 11.9 Å². The van der Waals surface area contributed by atoms with Crippen molar-refractivity contribution in [3.05, 3.63) is 5.01 Å². The molecule has 2 rings (SSSR count). The molecule has 2 atom stereocenters. The molecule has 18 heavy (non-hydrogen) atoms. The Morgan fingerprint density at radius 1 is 1.39 bits per heavy atom. The summed E-state index contributed by atoms with van der Waals surface area (Å²) in [6, 6.07) is 0.170. The first-order chi connectivity index (χ1) is 8.43. The van der Waals surface area contributed by atoms with Gasteiger partial charge in [-0.05, 0) is 25.3 Å². The maximum atomic E-state index is 12.5. The molecule has 1 aliphatic rings. The molecule has 1 saturated carbocycles. The van der Waals surface area contributed by atoms with Crippen molar-refractivity contribution in [2.75, 3.05) is 18.5 Å². The fraction of sp³-hybridized carbons (Fsp3) is 0.800. The molecular formula is C10H15F3N4S. The van der Waals surface area contributed by atoms with Crippen LogP contribution >= 0.6 is 11.3 Å². The molecule has 2 unspecified atom stereocenters. The number of rotatable bonds is 3. The third-order valence-electron chi connectivity index (χ3n) is 3.38. The van der Waals surface area contributed by atoms with Crippen LogP contribution in [0.3, 0.4) is 0 Å². The minimum Gasteiger partial charge on any atom is -0.346 e. The Bertz CT molecular complexity index is 406. The van der Waals surface area contributed by atoms with Gasteiger partial charge in [-0.25, -0.2) is 0 Å². The van der Waals surface area contributed by atoms with Gasteiger partial charge in [0.15, 0.2) is 0 Å². The standard InChI is InChI=1S/C10H15F3N4S/c1-17(7-4-2-3-6(7)5-14)9-16-15-8(18-9)10(11,12)13/h6-7H,2-5,14H2,1H3. The second-order valence-electron chi connectivity index (χ2n) is 4.49. The average molecular weight is 280 g/mol. The minimum absolute atomic E-state index is 0.170. The quantitative estimate of drug-likeness (QED) is 0.921. The Morgan fingerprint density at radius 3 is 2.67 bits per heavy atom. The summed E-state index contributed by atoms with van der Waals surface area (Å²) in [5, 5.41) is 6.25. The van der Waals surface area contributed by atoms with E-state index < -0.39 is 11.2 Å². The van der Waals surface area contributed by atoms with E-state index in [-0.39, 0.29) is 6.04 Å². The van der Waals surface area contributed by atoms with Crippen molar-refractivity contribution in [1.82, 2.24) is 10.2 Å². The third-order valence-corrected chi connectivity index (χ3v) is 4.44. The molecule has 1 aromatic rings. The fourth-order valence-corrected chi connectivity index (χ4v) is 3.15. The molecule has 0 aromatic carbocycles. The summed E-state index contributed by atoms with van der Waals surface area (Å²) in [7, 11) is 1.76. The van der Waals surface area contributed by atoms with Crippen LogP contribution in [0.5, 0.6) is 0 Å². The Labute approximate surface area is 107 Å². The van der Waals surface area contributed by atoms with E-state index in [9.17, 15) is 13.2 Å². The number of nitrogens with zero attached hydrogens (tertiary/aromatic N) is 3. The zero-order valence-electron chi connectivity index (χ0n) is 9.94. The molecule has 0 bridgehead atoms. The smallest absolute Gasteiger partial charge is 0.346 e. The van der Waals surface area contributed by atoms with Crippen molar-refractivity contribution in [2.24, 2.45) is 11.7 Å². The first kappa shape index (κ1) is 13.5. The molecule has 8 heteroatoms. The normalized spacial score (nSPS) is 24.5. The van der Waals surface area contributed by atoms with Gasteiger partial charge in [0.25, 0.3) is 0 Å². The predicted octanol–water partition coefficient (Wildman–Crippen LogP) is 2.12. The molecule has 1 fully saturated rings. The van der Waals surface area contributed by atoms with E-state index in [1.165, 1.54) is 0 Å². The molecule has 1 heterocycles. The molecule has 102 valence electrons. The summed E-state index contributed by atoms with van der Waals surface area (Å²) < 4.78 is 37.4. The second-order valence-corrected chi connectivity index (χ2v) is 5.45. The molecule has 0 spiro atoms. The first-order valence-corrected chi connectivity index (χ1v) is 6.58. The summed E-state index contributed by atoms with van der Waals surface area (Å²) in [4.78, 5) is 1.79. The summed E-state index contributed by atoms with van der Waals surface area (Å²) in [5.41, 5.74) is 5.68. The zero-order valence-corrected chi connectivity index (χ0v) is 10.8. The average Bonchev–Trinajstić information content (AvgIpc) is 2.96. The van der Waals surface area contributed by atoms with Gasteiger partial charge in [-0.3, -0.25) is 0 Å². The minimum atomic E-state index is -4.42.